The van der Waals surface area contributed by atoms with Gasteiger partial charge in [0.2, 0.25) is 0 Å². The summed E-state index contributed by atoms with van der Waals surface area (Å²) in [5, 5.41) is 5.57. The molecule has 0 aliphatic carbocycles. The summed E-state index contributed by atoms with van der Waals surface area (Å²) in [6.45, 7) is 0. The first-order chi connectivity index (χ1) is 16.1. The van der Waals surface area contributed by atoms with Crippen LogP contribution in [0.25, 0.3) is 0 Å². The average molecular weight is 527 g/mol. The number of hydrazine groups is 1. The van der Waals surface area contributed by atoms with E-state index < -0.39 is 23.6 Å². The molecule has 0 bridgehead atoms. The van der Waals surface area contributed by atoms with Gasteiger partial charge in [-0.3, -0.25) is 20.4 Å². The van der Waals surface area contributed by atoms with Crippen LogP contribution in [0.2, 0.25) is 10.0 Å². The van der Waals surface area contributed by atoms with Gasteiger partial charge in [-0.1, -0.05) is 47.5 Å². The lowest BCUT2D eigenvalue weighted by molar-refractivity contribution is -0.137. The van der Waals surface area contributed by atoms with Gasteiger partial charge < -0.3 is 10.6 Å². The van der Waals surface area contributed by atoms with E-state index in [2.05, 4.69) is 21.5 Å². The molecule has 2 amide bonds. The van der Waals surface area contributed by atoms with E-state index in [0.717, 1.165) is 18.2 Å². The van der Waals surface area contributed by atoms with Crippen LogP contribution in [0.3, 0.4) is 0 Å². The Bertz CT molecular complexity index is 1250. The van der Waals surface area contributed by atoms with E-state index in [1.807, 2.05) is 0 Å². The third-order valence-corrected chi connectivity index (χ3v) is 5.30. The number of hydrogen-bond acceptors (Lipinski definition) is 3. The predicted molar refractivity (Wildman–Crippen MR) is 129 cm³/mol. The summed E-state index contributed by atoms with van der Waals surface area (Å²) < 4.78 is 38.7. The fraction of sp³-hybridized carbons (Fsp3) is 0.0455. The zero-order valence-corrected chi connectivity index (χ0v) is 19.3. The summed E-state index contributed by atoms with van der Waals surface area (Å²) in [6.07, 6.45) is -4.60. The molecule has 0 spiro atoms. The van der Waals surface area contributed by atoms with Crippen LogP contribution in [0.1, 0.15) is 26.3 Å². The number of halogens is 5. The lowest BCUT2D eigenvalue weighted by atomic mass is 10.1. The average Bonchev–Trinajstić information content (AvgIpc) is 2.80. The Kier molecular flexibility index (Phi) is 7.98. The number of hydrogen-bond donors (Lipinski definition) is 4. The largest absolute Gasteiger partial charge is 0.416 e. The molecule has 0 saturated heterocycles. The van der Waals surface area contributed by atoms with Gasteiger partial charge in [-0.05, 0) is 54.7 Å². The number of rotatable bonds is 4. The number of nitrogens with one attached hydrogen (secondary N) is 4. The van der Waals surface area contributed by atoms with E-state index in [1.165, 1.54) is 24.3 Å². The van der Waals surface area contributed by atoms with Gasteiger partial charge in [-0.2, -0.15) is 13.2 Å². The highest BCUT2D eigenvalue weighted by atomic mass is 35.5. The molecule has 3 aromatic rings. The van der Waals surface area contributed by atoms with Gasteiger partial charge in [-0.25, -0.2) is 0 Å². The second kappa shape index (κ2) is 10.7. The van der Waals surface area contributed by atoms with E-state index in [1.54, 1.807) is 24.3 Å². The van der Waals surface area contributed by atoms with E-state index in [9.17, 15) is 22.8 Å². The minimum Gasteiger partial charge on any atom is -0.330 e. The van der Waals surface area contributed by atoms with Crippen molar-refractivity contribution < 1.29 is 22.8 Å². The van der Waals surface area contributed by atoms with Crippen molar-refractivity contribution >= 4 is 63.7 Å². The topological polar surface area (TPSA) is 82.3 Å². The molecular formula is C22H15Cl2F3N4O2S. The molecule has 0 heterocycles. The number of carbonyl (C=O) groups excluding carboxylic acids is 2. The number of para-hydroxylation sites is 1. The maximum Gasteiger partial charge on any atom is 0.416 e. The summed E-state index contributed by atoms with van der Waals surface area (Å²) in [4.78, 5) is 25.0. The Morgan fingerprint density at radius 2 is 1.47 bits per heavy atom. The normalized spacial score (nSPS) is 10.9. The highest BCUT2D eigenvalue weighted by Crippen LogP contribution is 2.30. The van der Waals surface area contributed by atoms with Crippen molar-refractivity contribution in [3.8, 4) is 0 Å². The molecule has 3 rings (SSSR count). The maximum absolute atomic E-state index is 12.9. The lowest BCUT2D eigenvalue weighted by Gasteiger charge is -2.14. The Labute approximate surface area is 207 Å². The minimum atomic E-state index is -4.60. The standard InChI is InChI=1S/C22H15Cl2F3N4O2S/c23-15-8-1-2-9-16(15)29-21(34)31-30-20(33)14-7-4-10-17(18(14)24)28-19(32)12-5-3-6-13(11-12)22(25,26)27/h1-11H,(H,28,32)(H,30,33)(H2,29,31,34). The van der Waals surface area contributed by atoms with Crippen LogP contribution in [0, 0.1) is 0 Å². The highest BCUT2D eigenvalue weighted by molar-refractivity contribution is 7.80. The summed E-state index contributed by atoms with van der Waals surface area (Å²) in [5.41, 5.74) is 4.21. The smallest absolute Gasteiger partial charge is 0.330 e. The zero-order chi connectivity index (χ0) is 24.9. The number of benzene rings is 3. The minimum absolute atomic E-state index is 0.0171. The van der Waals surface area contributed by atoms with Crippen molar-refractivity contribution in [1.82, 2.24) is 10.9 Å². The molecule has 0 aromatic heterocycles. The molecule has 0 aliphatic heterocycles. The first-order valence-corrected chi connectivity index (χ1v) is 10.6. The lowest BCUT2D eigenvalue weighted by Crippen LogP contribution is -2.43. The van der Waals surface area contributed by atoms with Gasteiger partial charge in [0, 0.05) is 5.56 Å². The van der Waals surface area contributed by atoms with Gasteiger partial charge in [0.25, 0.3) is 11.8 Å². The molecule has 12 heteroatoms. The third kappa shape index (κ3) is 6.37. The van der Waals surface area contributed by atoms with Crippen molar-refractivity contribution in [1.29, 1.82) is 0 Å². The number of amides is 2. The van der Waals surface area contributed by atoms with Gasteiger partial charge in [0.05, 0.1) is 32.5 Å². The molecule has 0 radical (unpaired) electrons. The maximum atomic E-state index is 12.9. The fourth-order valence-electron chi connectivity index (χ4n) is 2.73. The first-order valence-electron chi connectivity index (χ1n) is 9.45. The Balaban J connectivity index is 1.67. The molecule has 0 aliphatic rings. The van der Waals surface area contributed by atoms with Crippen molar-refractivity contribution in [3.05, 3.63) is 93.5 Å². The van der Waals surface area contributed by atoms with Crippen LogP contribution in [-0.4, -0.2) is 16.9 Å². The van der Waals surface area contributed by atoms with Crippen molar-refractivity contribution in [3.63, 3.8) is 0 Å². The monoisotopic (exact) mass is 526 g/mol. The van der Waals surface area contributed by atoms with Crippen molar-refractivity contribution in [2.45, 2.75) is 6.18 Å². The van der Waals surface area contributed by atoms with E-state index in [4.69, 9.17) is 35.4 Å². The molecule has 0 atom stereocenters. The second-order valence-electron chi connectivity index (χ2n) is 6.71. The number of alkyl halides is 3. The van der Waals surface area contributed by atoms with E-state index in [0.29, 0.717) is 10.7 Å². The number of anilines is 2. The number of thiocarbonyl (C=S) groups is 1. The van der Waals surface area contributed by atoms with Crippen LogP contribution < -0.4 is 21.5 Å². The molecule has 0 unspecified atom stereocenters. The molecule has 176 valence electrons. The van der Waals surface area contributed by atoms with Crippen molar-refractivity contribution in [2.75, 3.05) is 10.6 Å². The highest BCUT2D eigenvalue weighted by Gasteiger charge is 2.31. The first kappa shape index (κ1) is 25.3. The van der Waals surface area contributed by atoms with Gasteiger partial charge in [0.1, 0.15) is 0 Å². The molecule has 3 aromatic carbocycles. The SMILES string of the molecule is O=C(Nc1cccc(C(=O)NNC(=S)Nc2ccccc2Cl)c1Cl)c1cccc(C(F)(F)F)c1. The van der Waals surface area contributed by atoms with Gasteiger partial charge in [0.15, 0.2) is 5.11 Å². The molecule has 0 fully saturated rings. The summed E-state index contributed by atoms with van der Waals surface area (Å²) in [6, 6.07) is 15.0. The second-order valence-corrected chi connectivity index (χ2v) is 7.91. The quantitative estimate of drug-likeness (QED) is 0.251. The predicted octanol–water partition coefficient (Wildman–Crippen LogP) is 5.90. The van der Waals surface area contributed by atoms with Crippen LogP contribution in [0.15, 0.2) is 66.7 Å². The van der Waals surface area contributed by atoms with Crippen molar-refractivity contribution in [2.24, 2.45) is 0 Å². The fourth-order valence-corrected chi connectivity index (χ4v) is 3.34. The summed E-state index contributed by atoms with van der Waals surface area (Å²) in [7, 11) is 0. The molecule has 4 N–H and O–H groups in total. The summed E-state index contributed by atoms with van der Waals surface area (Å²) in [5.74, 6) is -1.50. The Morgan fingerprint density at radius 1 is 0.794 bits per heavy atom. The van der Waals surface area contributed by atoms with Crippen LogP contribution in [0.4, 0.5) is 24.5 Å². The molecule has 34 heavy (non-hydrogen) atoms. The van der Waals surface area contributed by atoms with Crippen LogP contribution in [-0.2, 0) is 6.18 Å². The van der Waals surface area contributed by atoms with Gasteiger partial charge >= 0.3 is 6.18 Å². The van der Waals surface area contributed by atoms with Crippen LogP contribution >= 0.6 is 35.4 Å². The third-order valence-electron chi connectivity index (χ3n) is 4.36. The zero-order valence-electron chi connectivity index (χ0n) is 17.0. The Hall–Kier alpha value is -3.34. The molecule has 6 nitrogen and oxygen atoms in total. The number of carbonyl (C=O) groups is 2. The van der Waals surface area contributed by atoms with Crippen LogP contribution in [0.5, 0.6) is 0 Å². The van der Waals surface area contributed by atoms with Gasteiger partial charge in [-0.15, -0.1) is 0 Å². The Morgan fingerprint density at radius 3 is 2.18 bits per heavy atom. The molecule has 0 saturated carbocycles. The summed E-state index contributed by atoms with van der Waals surface area (Å²) >= 11 is 17.4. The molecular weight excluding hydrogens is 512 g/mol. The van der Waals surface area contributed by atoms with E-state index in [-0.39, 0.29) is 26.9 Å². The van der Waals surface area contributed by atoms with E-state index >= 15 is 0 Å².